The Balaban J connectivity index is 2.64. The number of nitriles is 1. The number of hydrogen-bond acceptors (Lipinski definition) is 6. The molecule has 2 heterocycles. The van der Waals surface area contributed by atoms with E-state index in [0.29, 0.717) is 6.54 Å². The van der Waals surface area contributed by atoms with E-state index in [9.17, 15) is 9.59 Å². The van der Waals surface area contributed by atoms with E-state index in [-0.39, 0.29) is 29.2 Å². The molecule has 2 aromatic heterocycles. The molecule has 8 heteroatoms. The van der Waals surface area contributed by atoms with Gasteiger partial charge in [-0.1, -0.05) is 6.92 Å². The maximum absolute atomic E-state index is 12.2. The Hall–Kier alpha value is -2.82. The monoisotopic (exact) mass is 289 g/mol. The molecule has 0 saturated carbocycles. The topological polar surface area (TPSA) is 112 Å². The number of rotatable bonds is 5. The molecule has 21 heavy (non-hydrogen) atoms. The molecular weight excluding hydrogens is 274 g/mol. The number of H-pyrrole nitrogens is 1. The molecule has 0 atom stereocenters. The van der Waals surface area contributed by atoms with Gasteiger partial charge in [0.05, 0.1) is 6.61 Å². The third-order valence-corrected chi connectivity index (χ3v) is 2.81. The van der Waals surface area contributed by atoms with Crippen molar-refractivity contribution in [2.24, 2.45) is 0 Å². The molecule has 0 aliphatic carbocycles. The minimum atomic E-state index is -0.575. The van der Waals surface area contributed by atoms with Crippen LogP contribution in [0.5, 0.6) is 0 Å². The Morgan fingerprint density at radius 1 is 1.57 bits per heavy atom. The molecule has 2 rings (SSSR count). The first-order valence-electron chi connectivity index (χ1n) is 6.59. The fourth-order valence-electron chi connectivity index (χ4n) is 1.85. The minimum Gasteiger partial charge on any atom is -0.462 e. The maximum Gasteiger partial charge on any atom is 0.343 e. The number of carbonyl (C=O) groups is 1. The number of fused-ring (bicyclic) bond motifs is 1. The molecule has 2 N–H and O–H groups in total. The van der Waals surface area contributed by atoms with Crippen LogP contribution in [0.3, 0.4) is 0 Å². The fraction of sp³-hybridized carbons (Fsp3) is 0.385. The summed E-state index contributed by atoms with van der Waals surface area (Å²) >= 11 is 0. The van der Waals surface area contributed by atoms with Crippen LogP contribution in [0, 0.1) is 11.3 Å². The van der Waals surface area contributed by atoms with E-state index in [1.807, 2.05) is 13.0 Å². The number of aromatic amines is 1. The molecular formula is C13H15N5O3. The number of nitrogens with zero attached hydrogens (tertiary/aromatic N) is 3. The van der Waals surface area contributed by atoms with Gasteiger partial charge in [0.1, 0.15) is 11.6 Å². The fourth-order valence-corrected chi connectivity index (χ4v) is 1.85. The van der Waals surface area contributed by atoms with Crippen LogP contribution in [0.4, 0.5) is 5.82 Å². The number of ether oxygens (including phenoxy) is 1. The Morgan fingerprint density at radius 3 is 2.95 bits per heavy atom. The first-order valence-corrected chi connectivity index (χ1v) is 6.59. The summed E-state index contributed by atoms with van der Waals surface area (Å²) in [4.78, 5) is 28.2. The molecule has 0 amide bonds. The summed E-state index contributed by atoms with van der Waals surface area (Å²) < 4.78 is 5.97. The number of nitrogens with one attached hydrogen (secondary N) is 2. The average Bonchev–Trinajstić information content (AvgIpc) is 2.89. The third-order valence-electron chi connectivity index (χ3n) is 2.81. The lowest BCUT2D eigenvalue weighted by Gasteiger charge is -2.06. The summed E-state index contributed by atoms with van der Waals surface area (Å²) in [5.74, 6) is -0.399. The van der Waals surface area contributed by atoms with E-state index in [1.54, 1.807) is 6.92 Å². The van der Waals surface area contributed by atoms with Crippen LogP contribution < -0.4 is 10.9 Å². The van der Waals surface area contributed by atoms with Crippen molar-refractivity contribution >= 4 is 17.4 Å². The zero-order valence-electron chi connectivity index (χ0n) is 11.8. The summed E-state index contributed by atoms with van der Waals surface area (Å²) in [5.41, 5.74) is -0.371. The van der Waals surface area contributed by atoms with Crippen molar-refractivity contribution in [2.75, 3.05) is 18.5 Å². The van der Waals surface area contributed by atoms with Gasteiger partial charge >= 0.3 is 5.97 Å². The first-order chi connectivity index (χ1) is 10.1. The minimum absolute atomic E-state index is 0.0989. The molecule has 8 nitrogen and oxygen atoms in total. The van der Waals surface area contributed by atoms with Crippen LogP contribution in [0.2, 0.25) is 0 Å². The molecule has 0 aliphatic rings. The molecule has 0 saturated heterocycles. The van der Waals surface area contributed by atoms with E-state index in [4.69, 9.17) is 10.00 Å². The number of aromatic nitrogens is 3. The highest BCUT2D eigenvalue weighted by molar-refractivity contribution is 5.95. The smallest absolute Gasteiger partial charge is 0.343 e. The van der Waals surface area contributed by atoms with Crippen molar-refractivity contribution in [3.05, 3.63) is 27.7 Å². The Kier molecular flexibility index (Phi) is 4.23. The lowest BCUT2D eigenvalue weighted by Crippen LogP contribution is -2.22. The van der Waals surface area contributed by atoms with Gasteiger partial charge in [0.15, 0.2) is 17.0 Å². The molecule has 0 fully saturated rings. The van der Waals surface area contributed by atoms with Crippen molar-refractivity contribution in [3.8, 4) is 6.07 Å². The molecule has 0 radical (unpaired) electrons. The largest absolute Gasteiger partial charge is 0.462 e. The van der Waals surface area contributed by atoms with Crippen molar-refractivity contribution in [1.82, 2.24) is 14.6 Å². The quantitative estimate of drug-likeness (QED) is 0.790. The number of hydrogen-bond donors (Lipinski definition) is 2. The summed E-state index contributed by atoms with van der Waals surface area (Å²) in [6, 6.07) is 1.83. The van der Waals surface area contributed by atoms with Gasteiger partial charge in [0.25, 0.3) is 5.56 Å². The van der Waals surface area contributed by atoms with Gasteiger partial charge in [0, 0.05) is 12.7 Å². The molecule has 110 valence electrons. The van der Waals surface area contributed by atoms with E-state index in [0.717, 1.165) is 10.9 Å². The number of carbonyl (C=O) groups excluding carboxylic acids is 1. The summed E-state index contributed by atoms with van der Waals surface area (Å²) in [7, 11) is 0. The standard InChI is InChI=1S/C13H15N5O3/c1-3-5-15-10-8(6-14)12(19)18-11(17-10)9(7-16-18)13(20)21-4-2/h7,15-16H,3-5H2,1-2H3. The molecule has 0 spiro atoms. The average molecular weight is 289 g/mol. The van der Waals surface area contributed by atoms with Gasteiger partial charge in [-0.15, -0.1) is 0 Å². The summed E-state index contributed by atoms with van der Waals surface area (Å²) in [5, 5.41) is 14.6. The highest BCUT2D eigenvalue weighted by atomic mass is 16.5. The third kappa shape index (κ3) is 2.58. The van der Waals surface area contributed by atoms with Crippen LogP contribution in [-0.4, -0.2) is 33.7 Å². The van der Waals surface area contributed by atoms with E-state index < -0.39 is 11.5 Å². The zero-order valence-corrected chi connectivity index (χ0v) is 11.8. The Bertz CT molecular complexity index is 768. The van der Waals surface area contributed by atoms with Crippen LogP contribution in [0.1, 0.15) is 36.2 Å². The summed E-state index contributed by atoms with van der Waals surface area (Å²) in [6.45, 7) is 4.42. The second kappa shape index (κ2) is 6.09. The normalized spacial score (nSPS) is 10.3. The van der Waals surface area contributed by atoms with E-state index in [1.165, 1.54) is 6.20 Å². The van der Waals surface area contributed by atoms with Crippen molar-refractivity contribution in [3.63, 3.8) is 0 Å². The zero-order chi connectivity index (χ0) is 15.4. The van der Waals surface area contributed by atoms with Gasteiger partial charge in [-0.05, 0) is 13.3 Å². The number of anilines is 1. The van der Waals surface area contributed by atoms with E-state index >= 15 is 0 Å². The lowest BCUT2D eigenvalue weighted by atomic mass is 10.3. The van der Waals surface area contributed by atoms with Crippen molar-refractivity contribution in [2.45, 2.75) is 20.3 Å². The predicted octanol–water partition coefficient (Wildman–Crippen LogP) is 0.893. The van der Waals surface area contributed by atoms with Gasteiger partial charge in [-0.2, -0.15) is 9.78 Å². The van der Waals surface area contributed by atoms with Crippen molar-refractivity contribution in [1.29, 1.82) is 5.26 Å². The van der Waals surface area contributed by atoms with Crippen LogP contribution in [0.15, 0.2) is 11.0 Å². The first kappa shape index (κ1) is 14.6. The van der Waals surface area contributed by atoms with Gasteiger partial charge < -0.3 is 10.1 Å². The second-order valence-electron chi connectivity index (χ2n) is 4.25. The van der Waals surface area contributed by atoms with Crippen molar-refractivity contribution < 1.29 is 9.53 Å². The maximum atomic E-state index is 12.2. The van der Waals surface area contributed by atoms with Crippen LogP contribution >= 0.6 is 0 Å². The number of esters is 1. The molecule has 0 bridgehead atoms. The Morgan fingerprint density at radius 2 is 2.33 bits per heavy atom. The van der Waals surface area contributed by atoms with Crippen LogP contribution in [0.25, 0.3) is 5.65 Å². The molecule has 2 aromatic rings. The van der Waals surface area contributed by atoms with E-state index in [2.05, 4.69) is 15.4 Å². The van der Waals surface area contributed by atoms with Gasteiger partial charge in [0.2, 0.25) is 0 Å². The van der Waals surface area contributed by atoms with Crippen LogP contribution in [-0.2, 0) is 4.74 Å². The lowest BCUT2D eigenvalue weighted by molar-refractivity contribution is 0.0528. The van der Waals surface area contributed by atoms with Gasteiger partial charge in [-0.25, -0.2) is 9.78 Å². The van der Waals surface area contributed by atoms with Gasteiger partial charge in [-0.3, -0.25) is 9.89 Å². The molecule has 0 aliphatic heterocycles. The SMILES string of the molecule is CCCNc1nc2c(C(=O)OCC)c[nH]n2c(=O)c1C#N. The molecule has 0 unspecified atom stereocenters. The second-order valence-corrected chi connectivity index (χ2v) is 4.25. The molecule has 0 aromatic carbocycles. The Labute approximate surface area is 120 Å². The summed E-state index contributed by atoms with van der Waals surface area (Å²) in [6.07, 6.45) is 2.15. The highest BCUT2D eigenvalue weighted by Crippen LogP contribution is 2.14. The predicted molar refractivity (Wildman–Crippen MR) is 75.3 cm³/mol. The highest BCUT2D eigenvalue weighted by Gasteiger charge is 2.20.